The molecule has 1 fully saturated rings. The third kappa shape index (κ3) is 10.1. The van der Waals surface area contributed by atoms with Crippen LogP contribution in [-0.4, -0.2) is 59.2 Å². The molecule has 0 aromatic heterocycles. The minimum atomic E-state index is -4.26. The molecule has 11 heteroatoms. The minimum Gasteiger partial charge on any atom is -0.345 e. The molecule has 10 nitrogen and oxygen atoms in total. The van der Waals surface area contributed by atoms with Gasteiger partial charge in [-0.05, 0) is 70.4 Å². The van der Waals surface area contributed by atoms with Crippen LogP contribution in [0.5, 0.6) is 0 Å². The summed E-state index contributed by atoms with van der Waals surface area (Å²) in [7, 11) is -4.26. The molecular formula is C35H44N3O7S+. The first-order chi connectivity index (χ1) is 21.8. The Morgan fingerprint density at radius 2 is 1.67 bits per heavy atom. The van der Waals surface area contributed by atoms with Crippen LogP contribution in [0.3, 0.4) is 0 Å². The van der Waals surface area contributed by atoms with E-state index in [-0.39, 0.29) is 24.2 Å². The number of unbranched alkanes of at least 4 members (excludes halogenated alkanes) is 2. The molecule has 46 heavy (non-hydrogen) atoms. The van der Waals surface area contributed by atoms with Crippen molar-refractivity contribution in [3.05, 3.63) is 89.7 Å². The molecule has 1 aliphatic heterocycles. The van der Waals surface area contributed by atoms with E-state index in [1.54, 1.807) is 6.07 Å². The van der Waals surface area contributed by atoms with E-state index in [2.05, 4.69) is 35.5 Å². The second kappa shape index (κ2) is 16.8. The van der Waals surface area contributed by atoms with Crippen LogP contribution in [0.1, 0.15) is 70.4 Å². The predicted octanol–water partition coefficient (Wildman–Crippen LogP) is 6.37. The lowest BCUT2D eigenvalue weighted by atomic mass is 10.1. The third-order valence-electron chi connectivity index (χ3n) is 7.69. The number of para-hydroxylation sites is 1. The number of hydrogen-bond donors (Lipinski definition) is 1. The quantitative estimate of drug-likeness (QED) is 0.0590. The number of carbonyl (C=O) groups excluding carboxylic acids is 3. The van der Waals surface area contributed by atoms with Crippen LogP contribution in [0.2, 0.25) is 0 Å². The Morgan fingerprint density at radius 1 is 0.978 bits per heavy atom. The van der Waals surface area contributed by atoms with Gasteiger partial charge in [-0.25, -0.2) is 4.79 Å². The van der Waals surface area contributed by atoms with Crippen LogP contribution < -0.4 is 4.90 Å². The van der Waals surface area contributed by atoms with Crippen molar-refractivity contribution in [2.45, 2.75) is 78.0 Å². The number of allylic oxidation sites excluding steroid dienone is 6. The van der Waals surface area contributed by atoms with Gasteiger partial charge >= 0.3 is 5.97 Å². The lowest BCUT2D eigenvalue weighted by Crippen LogP contribution is -2.31. The van der Waals surface area contributed by atoms with Crippen molar-refractivity contribution in [3.63, 3.8) is 0 Å². The monoisotopic (exact) mass is 650 g/mol. The number of rotatable bonds is 15. The van der Waals surface area contributed by atoms with Gasteiger partial charge in [-0.3, -0.25) is 14.1 Å². The van der Waals surface area contributed by atoms with E-state index in [4.69, 9.17) is 4.84 Å². The van der Waals surface area contributed by atoms with Gasteiger partial charge in [0.1, 0.15) is 6.54 Å². The number of nitrogens with zero attached hydrogens (tertiary/aromatic N) is 3. The largest absolute Gasteiger partial charge is 0.345 e. The van der Waals surface area contributed by atoms with Gasteiger partial charge in [-0.15, -0.1) is 5.06 Å². The Hall–Kier alpha value is -4.35. The van der Waals surface area contributed by atoms with E-state index >= 15 is 0 Å². The van der Waals surface area contributed by atoms with Crippen LogP contribution in [0.15, 0.2) is 83.4 Å². The maximum absolute atomic E-state index is 12.1. The Bertz CT molecular complexity index is 1660. The smallest absolute Gasteiger partial charge is 0.333 e. The highest BCUT2D eigenvalue weighted by Crippen LogP contribution is 2.26. The molecular weight excluding hydrogens is 606 g/mol. The lowest BCUT2D eigenvalue weighted by Gasteiger charge is -2.25. The molecule has 3 rings (SSSR count). The number of carbonyl (C=O) groups is 3. The fraction of sp³-hybridized carbons (Fsp3) is 0.371. The molecule has 246 valence electrons. The molecule has 2 aromatic carbocycles. The van der Waals surface area contributed by atoms with Gasteiger partial charge in [0.05, 0.1) is 4.90 Å². The first kappa shape index (κ1) is 36.1. The summed E-state index contributed by atoms with van der Waals surface area (Å²) in [6.07, 6.45) is 12.4. The molecule has 0 atom stereocenters. The molecule has 1 aliphatic rings. The first-order valence-electron chi connectivity index (χ1n) is 15.4. The zero-order valence-electron chi connectivity index (χ0n) is 27.2. The topological polar surface area (TPSA) is 124 Å². The molecule has 1 N–H and O–H groups in total. The maximum atomic E-state index is 12.1. The summed E-state index contributed by atoms with van der Waals surface area (Å²) in [5.74, 6) is -1.53. The van der Waals surface area contributed by atoms with Crippen molar-refractivity contribution in [3.8, 4) is 0 Å². The van der Waals surface area contributed by atoms with E-state index in [9.17, 15) is 27.4 Å². The van der Waals surface area contributed by atoms with Crippen molar-refractivity contribution >= 4 is 45.0 Å². The standard InChI is InChI=1S/C35H43N3O7S/c1-6-36(32-21-20-30(25-27(32)3)46(42,43)44)28(4)16-9-7-10-17-29(5)37(31-18-13-12-15-26(31)2)24-14-8-11-19-35(41)45-38-33(39)22-23-34(38)40/h7,9-10,12-13,15-18,20-21,25H,6,8,11,14,19,22-24H2,1-5H3/p+1. The van der Waals surface area contributed by atoms with Gasteiger partial charge in [-0.2, -0.15) is 13.0 Å². The Balaban J connectivity index is 1.64. The van der Waals surface area contributed by atoms with Crippen LogP contribution in [0.4, 0.5) is 11.4 Å². The molecule has 2 aromatic rings. The lowest BCUT2D eigenvalue weighted by molar-refractivity contribution is -0.441. The number of benzene rings is 2. The molecule has 1 heterocycles. The molecule has 0 saturated carbocycles. The number of aryl methyl sites for hydroxylation is 2. The van der Waals surface area contributed by atoms with Crippen LogP contribution >= 0.6 is 0 Å². The van der Waals surface area contributed by atoms with E-state index < -0.39 is 27.9 Å². The van der Waals surface area contributed by atoms with Gasteiger partial charge in [0.25, 0.3) is 21.9 Å². The van der Waals surface area contributed by atoms with Gasteiger partial charge in [0.2, 0.25) is 5.69 Å². The fourth-order valence-electron chi connectivity index (χ4n) is 5.21. The number of imide groups is 1. The average molecular weight is 651 g/mol. The summed E-state index contributed by atoms with van der Waals surface area (Å²) in [6.45, 7) is 11.3. The van der Waals surface area contributed by atoms with Crippen LogP contribution in [0.25, 0.3) is 0 Å². The predicted molar refractivity (Wildman–Crippen MR) is 178 cm³/mol. The van der Waals surface area contributed by atoms with Crippen molar-refractivity contribution in [2.24, 2.45) is 0 Å². The number of hydroxylamine groups is 2. The molecule has 2 amide bonds. The van der Waals surface area contributed by atoms with Crippen molar-refractivity contribution < 1.29 is 36.8 Å². The molecule has 1 saturated heterocycles. The Labute approximate surface area is 272 Å². The summed E-state index contributed by atoms with van der Waals surface area (Å²) in [5.41, 5.74) is 5.87. The van der Waals surface area contributed by atoms with Crippen molar-refractivity contribution in [2.75, 3.05) is 18.0 Å². The minimum absolute atomic E-state index is 0.0768. The van der Waals surface area contributed by atoms with Gasteiger partial charge < -0.3 is 9.74 Å². The van der Waals surface area contributed by atoms with E-state index in [0.717, 1.165) is 53.3 Å². The third-order valence-corrected chi connectivity index (χ3v) is 8.54. The van der Waals surface area contributed by atoms with Crippen molar-refractivity contribution in [1.82, 2.24) is 5.06 Å². The fourth-order valence-corrected chi connectivity index (χ4v) is 5.77. The van der Waals surface area contributed by atoms with E-state index in [0.29, 0.717) is 18.0 Å². The van der Waals surface area contributed by atoms with Crippen molar-refractivity contribution in [1.29, 1.82) is 0 Å². The summed E-state index contributed by atoms with van der Waals surface area (Å²) in [5, 5.41) is 0.590. The summed E-state index contributed by atoms with van der Waals surface area (Å²) >= 11 is 0. The van der Waals surface area contributed by atoms with Gasteiger partial charge in [-0.1, -0.05) is 36.4 Å². The summed E-state index contributed by atoms with van der Waals surface area (Å²) < 4.78 is 34.6. The highest BCUT2D eigenvalue weighted by molar-refractivity contribution is 7.85. The molecule has 0 radical (unpaired) electrons. The normalized spacial score (nSPS) is 14.8. The molecule has 0 bridgehead atoms. The zero-order chi connectivity index (χ0) is 33.9. The van der Waals surface area contributed by atoms with E-state index in [1.165, 1.54) is 12.1 Å². The van der Waals surface area contributed by atoms with E-state index in [1.807, 2.05) is 63.3 Å². The second-order valence-corrected chi connectivity index (χ2v) is 12.6. The highest BCUT2D eigenvalue weighted by Gasteiger charge is 2.32. The number of amides is 2. The van der Waals surface area contributed by atoms with Crippen LogP contribution in [-0.2, 0) is 29.3 Å². The SMILES string of the molecule is CCN(C(C)=CC=CC=CC(C)=[N+](CCCCCC(=O)ON1C(=O)CCC1=O)c1ccccc1C)c1ccc(S(=O)(=O)O)cc1C. The number of anilines is 1. The average Bonchev–Trinajstić information content (AvgIpc) is 3.32. The summed E-state index contributed by atoms with van der Waals surface area (Å²) in [4.78, 5) is 42.4. The molecule has 0 unspecified atom stereocenters. The zero-order valence-corrected chi connectivity index (χ0v) is 28.0. The Kier molecular flexibility index (Phi) is 13.2. The van der Waals surface area contributed by atoms with Gasteiger partial charge in [0.15, 0.2) is 5.71 Å². The second-order valence-electron chi connectivity index (χ2n) is 11.2. The molecule has 0 spiro atoms. The first-order valence-corrected chi connectivity index (χ1v) is 16.9. The number of hydrogen-bond acceptors (Lipinski definition) is 7. The highest BCUT2D eigenvalue weighted by atomic mass is 32.2. The summed E-state index contributed by atoms with van der Waals surface area (Å²) in [6, 6.07) is 12.7. The Morgan fingerprint density at radius 3 is 2.30 bits per heavy atom. The van der Waals surface area contributed by atoms with Crippen LogP contribution in [0, 0.1) is 13.8 Å². The molecule has 0 aliphatic carbocycles. The maximum Gasteiger partial charge on any atom is 0.333 e. The van der Waals surface area contributed by atoms with Gasteiger partial charge in [0, 0.05) is 68.2 Å².